The van der Waals surface area contributed by atoms with E-state index in [0.29, 0.717) is 6.54 Å². The minimum atomic E-state index is -0.119. The van der Waals surface area contributed by atoms with E-state index < -0.39 is 0 Å². The van der Waals surface area contributed by atoms with Gasteiger partial charge in [-0.25, -0.2) is 4.99 Å². The van der Waals surface area contributed by atoms with Crippen LogP contribution in [0.15, 0.2) is 29.3 Å². The van der Waals surface area contributed by atoms with Crippen LogP contribution in [0.25, 0.3) is 0 Å². The summed E-state index contributed by atoms with van der Waals surface area (Å²) < 4.78 is 4.86. The normalized spacial score (nSPS) is 15.5. The zero-order valence-electron chi connectivity index (χ0n) is 17.3. The number of methoxy groups -OCH3 is 1. The highest BCUT2D eigenvalue weighted by Crippen LogP contribution is 2.19. The Kier molecular flexibility index (Phi) is 8.29. The zero-order chi connectivity index (χ0) is 20.5. The average molecular weight is 389 g/mol. The lowest BCUT2D eigenvalue weighted by Crippen LogP contribution is -2.46. The molecule has 1 fully saturated rings. The van der Waals surface area contributed by atoms with E-state index in [4.69, 9.17) is 9.73 Å². The van der Waals surface area contributed by atoms with Crippen LogP contribution in [0, 0.1) is 11.8 Å². The predicted octanol–water partition coefficient (Wildman–Crippen LogP) is 2.63. The van der Waals surface area contributed by atoms with Crippen LogP contribution < -0.4 is 10.6 Å². The minimum absolute atomic E-state index is 0.00978. The number of anilines is 1. The van der Waals surface area contributed by atoms with Crippen molar-refractivity contribution in [3.63, 3.8) is 0 Å². The molecule has 1 aromatic carbocycles. The fourth-order valence-corrected chi connectivity index (χ4v) is 3.07. The van der Waals surface area contributed by atoms with Gasteiger partial charge in [0.1, 0.15) is 0 Å². The molecule has 1 amide bonds. The van der Waals surface area contributed by atoms with Gasteiger partial charge >= 0.3 is 5.97 Å². The molecule has 1 aliphatic rings. The summed E-state index contributed by atoms with van der Waals surface area (Å²) in [5.74, 6) is 0.692. The Morgan fingerprint density at radius 2 is 1.86 bits per heavy atom. The molecule has 2 rings (SSSR count). The molecule has 0 bridgehead atoms. The first kappa shape index (κ1) is 21.7. The van der Waals surface area contributed by atoms with E-state index in [1.165, 1.54) is 7.11 Å². The Hall–Kier alpha value is -2.57. The van der Waals surface area contributed by atoms with Crippen molar-refractivity contribution in [2.75, 3.05) is 32.1 Å². The Bertz CT molecular complexity index is 677. The summed E-state index contributed by atoms with van der Waals surface area (Å²) in [5, 5.41) is 6.22. The molecule has 7 heteroatoms. The number of benzene rings is 1. The van der Waals surface area contributed by atoms with Crippen molar-refractivity contribution in [3.8, 4) is 0 Å². The van der Waals surface area contributed by atoms with Gasteiger partial charge in [0.15, 0.2) is 5.96 Å². The average Bonchev–Trinajstić information content (AvgIpc) is 2.71. The van der Waals surface area contributed by atoms with Gasteiger partial charge in [0.2, 0.25) is 5.91 Å². The summed E-state index contributed by atoms with van der Waals surface area (Å²) in [4.78, 5) is 30.4. The number of guanidine groups is 1. The number of ether oxygens (including phenoxy) is 1. The molecule has 28 heavy (non-hydrogen) atoms. The van der Waals surface area contributed by atoms with Gasteiger partial charge in [0.25, 0.3) is 0 Å². The van der Waals surface area contributed by atoms with Crippen molar-refractivity contribution >= 4 is 23.5 Å². The third-order valence-electron chi connectivity index (χ3n) is 4.82. The Balaban J connectivity index is 1.95. The van der Waals surface area contributed by atoms with Crippen molar-refractivity contribution < 1.29 is 14.3 Å². The van der Waals surface area contributed by atoms with Gasteiger partial charge in [-0.05, 0) is 37.5 Å². The van der Waals surface area contributed by atoms with Crippen molar-refractivity contribution in [3.05, 3.63) is 29.8 Å². The Labute approximate surface area is 167 Å². The molecule has 154 valence electrons. The smallest absolute Gasteiger partial charge is 0.308 e. The molecule has 2 N–H and O–H groups in total. The topological polar surface area (TPSA) is 83.0 Å². The van der Waals surface area contributed by atoms with Gasteiger partial charge in [-0.1, -0.05) is 26.0 Å². The highest BCUT2D eigenvalue weighted by Gasteiger charge is 2.26. The number of amides is 1. The summed E-state index contributed by atoms with van der Waals surface area (Å²) in [6.07, 6.45) is 1.56. The zero-order valence-corrected chi connectivity index (χ0v) is 17.3. The number of hydrogen-bond donors (Lipinski definition) is 2. The molecule has 0 spiro atoms. The van der Waals surface area contributed by atoms with E-state index in [9.17, 15) is 9.59 Å². The number of piperidine rings is 1. The van der Waals surface area contributed by atoms with Crippen LogP contribution in [0.3, 0.4) is 0 Å². The number of hydrogen-bond acceptors (Lipinski definition) is 4. The fourth-order valence-electron chi connectivity index (χ4n) is 3.07. The predicted molar refractivity (Wildman–Crippen MR) is 111 cm³/mol. The fraction of sp³-hybridized carbons (Fsp3) is 0.571. The molecule has 1 aliphatic heterocycles. The first-order valence-corrected chi connectivity index (χ1v) is 9.95. The molecular weight excluding hydrogens is 356 g/mol. The first-order chi connectivity index (χ1) is 13.4. The van der Waals surface area contributed by atoms with E-state index in [1.54, 1.807) is 0 Å². The second kappa shape index (κ2) is 10.7. The molecule has 0 radical (unpaired) electrons. The minimum Gasteiger partial charge on any atom is -0.469 e. The number of nitrogens with one attached hydrogen (secondary N) is 2. The SMILES string of the molecule is CCNC(=NCc1ccc(NC(=O)C(C)C)cc1)N1CCC(C(=O)OC)CC1. The molecule has 0 saturated carbocycles. The van der Waals surface area contributed by atoms with E-state index in [2.05, 4.69) is 15.5 Å². The first-order valence-electron chi connectivity index (χ1n) is 9.95. The Morgan fingerprint density at radius 3 is 2.39 bits per heavy atom. The van der Waals surface area contributed by atoms with Crippen molar-refractivity contribution in [1.82, 2.24) is 10.2 Å². The lowest BCUT2D eigenvalue weighted by Gasteiger charge is -2.33. The molecule has 0 unspecified atom stereocenters. The number of rotatable bonds is 6. The van der Waals surface area contributed by atoms with Gasteiger partial charge in [0.05, 0.1) is 19.6 Å². The molecule has 0 aliphatic carbocycles. The molecule has 1 heterocycles. The maximum Gasteiger partial charge on any atom is 0.308 e. The van der Waals surface area contributed by atoms with Gasteiger partial charge in [-0.3, -0.25) is 9.59 Å². The number of aliphatic imine (C=N–C) groups is 1. The Morgan fingerprint density at radius 1 is 1.21 bits per heavy atom. The van der Waals surface area contributed by atoms with Crippen molar-refractivity contribution in [1.29, 1.82) is 0 Å². The number of carbonyl (C=O) groups excluding carboxylic acids is 2. The number of esters is 1. The second-order valence-corrected chi connectivity index (χ2v) is 7.30. The largest absolute Gasteiger partial charge is 0.469 e. The summed E-state index contributed by atoms with van der Waals surface area (Å²) in [7, 11) is 1.44. The molecule has 7 nitrogen and oxygen atoms in total. The highest BCUT2D eigenvalue weighted by atomic mass is 16.5. The maximum atomic E-state index is 11.8. The molecule has 1 saturated heterocycles. The van der Waals surface area contributed by atoms with E-state index in [-0.39, 0.29) is 23.7 Å². The van der Waals surface area contributed by atoms with Crippen LogP contribution in [-0.4, -0.2) is 49.5 Å². The van der Waals surface area contributed by atoms with Crippen LogP contribution in [-0.2, 0) is 20.9 Å². The highest BCUT2D eigenvalue weighted by molar-refractivity contribution is 5.92. The van der Waals surface area contributed by atoms with Crippen LogP contribution in [0.1, 0.15) is 39.2 Å². The summed E-state index contributed by atoms with van der Waals surface area (Å²) in [5.41, 5.74) is 1.87. The van der Waals surface area contributed by atoms with Crippen molar-refractivity contribution in [2.45, 2.75) is 40.2 Å². The summed E-state index contributed by atoms with van der Waals surface area (Å²) in [6, 6.07) is 7.76. The van der Waals surface area contributed by atoms with Gasteiger partial charge < -0.3 is 20.3 Å². The van der Waals surface area contributed by atoms with Crippen LogP contribution in [0.4, 0.5) is 5.69 Å². The third kappa shape index (κ3) is 6.25. The number of likely N-dealkylation sites (tertiary alicyclic amines) is 1. The van der Waals surface area contributed by atoms with E-state index >= 15 is 0 Å². The summed E-state index contributed by atoms with van der Waals surface area (Å²) >= 11 is 0. The standard InChI is InChI=1S/C21H32N4O3/c1-5-22-21(25-12-10-17(11-13-25)20(27)28-4)23-14-16-6-8-18(9-7-16)24-19(26)15(2)3/h6-9,15,17H,5,10-14H2,1-4H3,(H,22,23)(H,24,26). The third-order valence-corrected chi connectivity index (χ3v) is 4.82. The second-order valence-electron chi connectivity index (χ2n) is 7.30. The maximum absolute atomic E-state index is 11.8. The molecule has 0 aromatic heterocycles. The van der Waals surface area contributed by atoms with Crippen molar-refractivity contribution in [2.24, 2.45) is 16.8 Å². The van der Waals surface area contributed by atoms with Crippen LogP contribution in [0.2, 0.25) is 0 Å². The van der Waals surface area contributed by atoms with Crippen LogP contribution >= 0.6 is 0 Å². The molecule has 1 aromatic rings. The van der Waals surface area contributed by atoms with E-state index in [1.807, 2.05) is 45.0 Å². The molecule has 0 atom stereocenters. The lowest BCUT2D eigenvalue weighted by atomic mass is 9.97. The van der Waals surface area contributed by atoms with Gasteiger partial charge in [-0.2, -0.15) is 0 Å². The number of carbonyl (C=O) groups is 2. The quantitative estimate of drug-likeness (QED) is 0.445. The summed E-state index contributed by atoms with van der Waals surface area (Å²) in [6.45, 7) is 8.69. The van der Waals surface area contributed by atoms with Gasteiger partial charge in [-0.15, -0.1) is 0 Å². The van der Waals surface area contributed by atoms with E-state index in [0.717, 1.165) is 49.7 Å². The van der Waals surface area contributed by atoms with Gasteiger partial charge in [0, 0.05) is 31.2 Å². The number of nitrogens with zero attached hydrogens (tertiary/aromatic N) is 2. The molecular formula is C21H32N4O3. The lowest BCUT2D eigenvalue weighted by molar-refractivity contribution is -0.146. The monoisotopic (exact) mass is 388 g/mol. The van der Waals surface area contributed by atoms with Crippen LogP contribution in [0.5, 0.6) is 0 Å².